The van der Waals surface area contributed by atoms with E-state index in [1.54, 1.807) is 12.1 Å². The van der Waals surface area contributed by atoms with Crippen LogP contribution in [0, 0.1) is 0 Å². The summed E-state index contributed by atoms with van der Waals surface area (Å²) in [6, 6.07) is 10.0. The average molecular weight is 414 g/mol. The van der Waals surface area contributed by atoms with Crippen molar-refractivity contribution >= 4 is 28.9 Å². The molecule has 0 bridgehead atoms. The minimum absolute atomic E-state index is 0.207. The topological polar surface area (TPSA) is 44.8 Å². The third-order valence-corrected chi connectivity index (χ3v) is 4.64. The zero-order chi connectivity index (χ0) is 20.3. The van der Waals surface area contributed by atoms with Crippen LogP contribution in [0.4, 0.5) is 24.5 Å². The number of carbonyl (C=O) groups excluding carboxylic acids is 1. The minimum Gasteiger partial charge on any atom is -0.406 e. The monoisotopic (exact) mass is 413 g/mol. The van der Waals surface area contributed by atoms with Crippen molar-refractivity contribution in [2.75, 3.05) is 43.4 Å². The largest absolute Gasteiger partial charge is 0.573 e. The molecule has 1 fully saturated rings. The zero-order valence-electron chi connectivity index (χ0n) is 15.1. The Morgan fingerprint density at radius 3 is 2.32 bits per heavy atom. The molecule has 150 valence electrons. The molecule has 0 atom stereocenters. The molecule has 1 heterocycles. The maximum Gasteiger partial charge on any atom is 0.573 e. The molecule has 0 spiro atoms. The van der Waals surface area contributed by atoms with Crippen LogP contribution in [0.25, 0.3) is 0 Å². The van der Waals surface area contributed by atoms with Crippen molar-refractivity contribution in [2.45, 2.75) is 6.36 Å². The normalized spacial score (nSPS) is 15.4. The summed E-state index contributed by atoms with van der Waals surface area (Å²) in [7, 11) is 2.05. The summed E-state index contributed by atoms with van der Waals surface area (Å²) in [5.41, 5.74) is 1.61. The molecule has 1 N–H and O–H groups in total. The molecule has 0 unspecified atom stereocenters. The van der Waals surface area contributed by atoms with E-state index in [0.717, 1.165) is 44.0 Å². The van der Waals surface area contributed by atoms with E-state index in [1.807, 2.05) is 13.1 Å². The van der Waals surface area contributed by atoms with Crippen molar-refractivity contribution in [3.05, 3.63) is 53.1 Å². The fraction of sp³-hybridized carbons (Fsp3) is 0.316. The Bertz CT molecular complexity index is 835. The first kappa shape index (κ1) is 20.3. The van der Waals surface area contributed by atoms with Crippen LogP contribution in [0.1, 0.15) is 10.4 Å². The van der Waals surface area contributed by atoms with Crippen molar-refractivity contribution in [3.8, 4) is 5.75 Å². The van der Waals surface area contributed by atoms with Crippen LogP contribution < -0.4 is 15.0 Å². The first-order valence-electron chi connectivity index (χ1n) is 8.61. The fourth-order valence-corrected chi connectivity index (χ4v) is 3.11. The number of hydrogen-bond acceptors (Lipinski definition) is 4. The van der Waals surface area contributed by atoms with Gasteiger partial charge in [-0.05, 0) is 49.5 Å². The van der Waals surface area contributed by atoms with E-state index in [0.29, 0.717) is 10.7 Å². The number of piperazine rings is 1. The van der Waals surface area contributed by atoms with Crippen molar-refractivity contribution in [1.82, 2.24) is 4.90 Å². The molecular formula is C19H19ClF3N3O2. The Balaban J connectivity index is 1.75. The maximum absolute atomic E-state index is 12.6. The highest BCUT2D eigenvalue weighted by atomic mass is 35.5. The lowest BCUT2D eigenvalue weighted by atomic mass is 10.1. The molecule has 0 radical (unpaired) electrons. The highest BCUT2D eigenvalue weighted by molar-refractivity contribution is 6.31. The minimum atomic E-state index is -4.78. The summed E-state index contributed by atoms with van der Waals surface area (Å²) in [6.45, 7) is 3.42. The van der Waals surface area contributed by atoms with E-state index in [-0.39, 0.29) is 11.3 Å². The highest BCUT2D eigenvalue weighted by Crippen LogP contribution is 2.30. The van der Waals surface area contributed by atoms with Gasteiger partial charge in [-0.1, -0.05) is 11.6 Å². The molecule has 28 heavy (non-hydrogen) atoms. The van der Waals surface area contributed by atoms with Crippen LogP contribution in [0.2, 0.25) is 5.02 Å². The van der Waals surface area contributed by atoms with Gasteiger partial charge in [0.1, 0.15) is 5.75 Å². The summed E-state index contributed by atoms with van der Waals surface area (Å²) < 4.78 is 40.6. The van der Waals surface area contributed by atoms with Crippen LogP contribution in [-0.2, 0) is 0 Å². The lowest BCUT2D eigenvalue weighted by Gasteiger charge is -2.35. The molecule has 0 aromatic heterocycles. The number of rotatable bonds is 4. The van der Waals surface area contributed by atoms with Gasteiger partial charge >= 0.3 is 6.36 Å². The number of hydrogen-bond donors (Lipinski definition) is 1. The Hall–Kier alpha value is -2.45. The van der Waals surface area contributed by atoms with Crippen molar-refractivity contribution < 1.29 is 22.7 Å². The van der Waals surface area contributed by atoms with Gasteiger partial charge < -0.3 is 19.9 Å². The number of carbonyl (C=O) groups is 1. The molecule has 1 aliphatic rings. The number of nitrogens with zero attached hydrogens (tertiary/aromatic N) is 2. The average Bonchev–Trinajstić information content (AvgIpc) is 2.62. The molecule has 0 aliphatic carbocycles. The molecule has 2 aromatic rings. The molecule has 1 aliphatic heterocycles. The van der Waals surface area contributed by atoms with Gasteiger partial charge in [-0.25, -0.2) is 0 Å². The predicted molar refractivity (Wildman–Crippen MR) is 102 cm³/mol. The van der Waals surface area contributed by atoms with Gasteiger partial charge in [0, 0.05) is 36.8 Å². The van der Waals surface area contributed by atoms with Crippen LogP contribution in [0.3, 0.4) is 0 Å². The van der Waals surface area contributed by atoms with Gasteiger partial charge in [0.2, 0.25) is 0 Å². The smallest absolute Gasteiger partial charge is 0.406 e. The molecule has 1 saturated heterocycles. The molecule has 9 heteroatoms. The second-order valence-corrected chi connectivity index (χ2v) is 6.91. The molecule has 5 nitrogen and oxygen atoms in total. The number of anilines is 2. The first-order chi connectivity index (χ1) is 13.2. The van der Waals surface area contributed by atoms with E-state index < -0.39 is 12.3 Å². The Labute approximate surface area is 165 Å². The summed E-state index contributed by atoms with van der Waals surface area (Å²) in [5.74, 6) is -0.832. The molecule has 1 amide bonds. The van der Waals surface area contributed by atoms with Crippen molar-refractivity contribution in [2.24, 2.45) is 0 Å². The number of ether oxygens (including phenoxy) is 1. The van der Waals surface area contributed by atoms with Gasteiger partial charge in [-0.2, -0.15) is 0 Å². The third-order valence-electron chi connectivity index (χ3n) is 4.40. The predicted octanol–water partition coefficient (Wildman–Crippen LogP) is 4.24. The van der Waals surface area contributed by atoms with Crippen LogP contribution in [0.15, 0.2) is 42.5 Å². The summed E-state index contributed by atoms with van der Waals surface area (Å²) in [4.78, 5) is 16.9. The number of benzene rings is 2. The lowest BCUT2D eigenvalue weighted by Crippen LogP contribution is -2.44. The second-order valence-electron chi connectivity index (χ2n) is 6.48. The molecular weight excluding hydrogens is 395 g/mol. The van der Waals surface area contributed by atoms with Gasteiger partial charge in [0.05, 0.1) is 11.4 Å². The molecule has 2 aromatic carbocycles. The van der Waals surface area contributed by atoms with Gasteiger partial charge in [0.25, 0.3) is 5.91 Å². The van der Waals surface area contributed by atoms with E-state index >= 15 is 0 Å². The SMILES string of the molecule is CN1CCN(c2ccc(Cl)cc2NC(=O)c2ccc(OC(F)(F)F)cc2)CC1. The van der Waals surface area contributed by atoms with Gasteiger partial charge in [-0.15, -0.1) is 13.2 Å². The van der Waals surface area contributed by atoms with E-state index in [1.165, 1.54) is 12.1 Å². The van der Waals surface area contributed by atoms with Crippen LogP contribution in [0.5, 0.6) is 5.75 Å². The number of halogens is 4. The lowest BCUT2D eigenvalue weighted by molar-refractivity contribution is -0.274. The molecule has 0 saturated carbocycles. The molecule has 3 rings (SSSR count). The second kappa shape index (κ2) is 8.28. The quantitative estimate of drug-likeness (QED) is 0.814. The van der Waals surface area contributed by atoms with Gasteiger partial charge in [-0.3, -0.25) is 4.79 Å². The van der Waals surface area contributed by atoms with Crippen LogP contribution >= 0.6 is 11.6 Å². The van der Waals surface area contributed by atoms with Gasteiger partial charge in [0.15, 0.2) is 0 Å². The van der Waals surface area contributed by atoms with E-state index in [4.69, 9.17) is 11.6 Å². The number of likely N-dealkylation sites (N-methyl/N-ethyl adjacent to an activating group) is 1. The Morgan fingerprint density at radius 1 is 1.07 bits per heavy atom. The Kier molecular flexibility index (Phi) is 6.00. The van der Waals surface area contributed by atoms with E-state index in [9.17, 15) is 18.0 Å². The van der Waals surface area contributed by atoms with Crippen molar-refractivity contribution in [3.63, 3.8) is 0 Å². The summed E-state index contributed by atoms with van der Waals surface area (Å²) in [5, 5.41) is 3.28. The number of alkyl halides is 3. The highest BCUT2D eigenvalue weighted by Gasteiger charge is 2.31. The van der Waals surface area contributed by atoms with E-state index in [2.05, 4.69) is 19.9 Å². The third kappa shape index (κ3) is 5.30. The fourth-order valence-electron chi connectivity index (χ4n) is 2.93. The summed E-state index contributed by atoms with van der Waals surface area (Å²) in [6.07, 6.45) is -4.78. The Morgan fingerprint density at radius 2 is 1.71 bits per heavy atom. The maximum atomic E-state index is 12.6. The number of amides is 1. The summed E-state index contributed by atoms with van der Waals surface area (Å²) >= 11 is 6.09. The standard InChI is InChI=1S/C19H19ClF3N3O2/c1-25-8-10-26(11-9-25)17-7-4-14(20)12-16(17)24-18(27)13-2-5-15(6-3-13)28-19(21,22)23/h2-7,12H,8-11H2,1H3,(H,24,27). The van der Waals surface area contributed by atoms with Crippen LogP contribution in [-0.4, -0.2) is 50.4 Å². The first-order valence-corrected chi connectivity index (χ1v) is 8.99. The number of nitrogens with one attached hydrogen (secondary N) is 1. The van der Waals surface area contributed by atoms with Crippen molar-refractivity contribution in [1.29, 1.82) is 0 Å². The zero-order valence-corrected chi connectivity index (χ0v) is 15.8.